The Labute approximate surface area is 509 Å². The van der Waals surface area contributed by atoms with Gasteiger partial charge in [0.05, 0.1) is 6.42 Å². The minimum atomic E-state index is -0.848. The van der Waals surface area contributed by atoms with Gasteiger partial charge < -0.3 is 14.2 Å². The molecule has 0 N–H and O–H groups in total. The maximum atomic E-state index is 12.9. The van der Waals surface area contributed by atoms with Crippen molar-refractivity contribution in [2.45, 2.75) is 245 Å². The number of esters is 3. The molecule has 0 spiro atoms. The zero-order valence-corrected chi connectivity index (χ0v) is 52.6. The van der Waals surface area contributed by atoms with Crippen LogP contribution in [0.4, 0.5) is 0 Å². The highest BCUT2D eigenvalue weighted by molar-refractivity contribution is 5.72. The zero-order chi connectivity index (χ0) is 59.9. The third kappa shape index (κ3) is 66.7. The summed E-state index contributed by atoms with van der Waals surface area (Å²) < 4.78 is 16.8. The van der Waals surface area contributed by atoms with Gasteiger partial charge in [-0.05, 0) is 148 Å². The van der Waals surface area contributed by atoms with Gasteiger partial charge in [0.25, 0.3) is 0 Å². The Morgan fingerprint density at radius 2 is 0.482 bits per heavy atom. The molecule has 0 aliphatic heterocycles. The summed E-state index contributed by atoms with van der Waals surface area (Å²) in [6.07, 6.45) is 106. The minimum absolute atomic E-state index is 0.109. The lowest BCUT2D eigenvalue weighted by Gasteiger charge is -2.18. The van der Waals surface area contributed by atoms with Crippen LogP contribution in [0.2, 0.25) is 0 Å². The number of hydrogen-bond acceptors (Lipinski definition) is 6. The van der Waals surface area contributed by atoms with Crippen molar-refractivity contribution in [2.24, 2.45) is 0 Å². The van der Waals surface area contributed by atoms with Crippen molar-refractivity contribution >= 4 is 17.9 Å². The molecule has 1 unspecified atom stereocenters. The fourth-order valence-electron chi connectivity index (χ4n) is 8.05. The Hall–Kier alpha value is -6.01. The highest BCUT2D eigenvalue weighted by atomic mass is 16.6. The Morgan fingerprint density at radius 3 is 0.783 bits per heavy atom. The first-order valence-electron chi connectivity index (χ1n) is 32.6. The predicted molar refractivity (Wildman–Crippen MR) is 361 cm³/mol. The van der Waals surface area contributed by atoms with Gasteiger partial charge >= 0.3 is 17.9 Å². The first-order chi connectivity index (χ1) is 41.0. The van der Waals surface area contributed by atoms with E-state index in [-0.39, 0.29) is 38.0 Å². The number of hydrogen-bond donors (Lipinski definition) is 0. The van der Waals surface area contributed by atoms with Crippen LogP contribution in [0.25, 0.3) is 0 Å². The second kappa shape index (κ2) is 68.5. The Balaban J connectivity index is 4.52. The SMILES string of the molecule is CC/C=C\C/C=C\C/C=C\C/C=C\C/C=C\C/C=C\C/C=C\CCCCCCCCCC(=O)OCC(COC(=O)C/C=C\C/C=C\C/C=C\C/C=C\C/C=C\CC)OC(=O)CCCCCCC/C=C\C/C=C\C/C=C\C/C=C\C/C=C\CC. The fourth-order valence-corrected chi connectivity index (χ4v) is 8.05. The minimum Gasteiger partial charge on any atom is -0.462 e. The van der Waals surface area contributed by atoms with Gasteiger partial charge in [0.1, 0.15) is 13.2 Å². The quantitative estimate of drug-likeness (QED) is 0.0261. The van der Waals surface area contributed by atoms with Gasteiger partial charge in [-0.3, -0.25) is 14.4 Å². The topological polar surface area (TPSA) is 78.9 Å². The van der Waals surface area contributed by atoms with Crippen LogP contribution < -0.4 is 0 Å². The number of carbonyl (C=O) groups is 3. The largest absolute Gasteiger partial charge is 0.462 e. The molecule has 0 amide bonds. The normalized spacial score (nSPS) is 13.5. The van der Waals surface area contributed by atoms with Crippen LogP contribution in [0, 0.1) is 0 Å². The molecule has 0 radical (unpaired) electrons. The van der Waals surface area contributed by atoms with E-state index in [0.717, 1.165) is 180 Å². The van der Waals surface area contributed by atoms with Crippen molar-refractivity contribution in [3.05, 3.63) is 207 Å². The molecule has 0 heterocycles. The Bertz CT molecular complexity index is 2030. The third-order valence-electron chi connectivity index (χ3n) is 12.8. The van der Waals surface area contributed by atoms with E-state index in [1.807, 2.05) is 6.08 Å². The number of rotatable bonds is 56. The van der Waals surface area contributed by atoms with Gasteiger partial charge in [-0.25, -0.2) is 0 Å². The molecule has 0 aromatic carbocycles. The summed E-state index contributed by atoms with van der Waals surface area (Å²) in [7, 11) is 0. The van der Waals surface area contributed by atoms with Gasteiger partial charge in [-0.15, -0.1) is 0 Å². The molecule has 0 bridgehead atoms. The van der Waals surface area contributed by atoms with Crippen LogP contribution in [0.5, 0.6) is 0 Å². The molecule has 0 saturated heterocycles. The molecule has 0 fully saturated rings. The molecule has 0 aromatic heterocycles. The van der Waals surface area contributed by atoms with Gasteiger partial charge in [0.15, 0.2) is 6.10 Å². The number of unbranched alkanes of at least 4 members (excludes halogenated alkanes) is 12. The average Bonchev–Trinajstić information content (AvgIpc) is 3.49. The van der Waals surface area contributed by atoms with E-state index < -0.39 is 12.1 Å². The number of ether oxygens (including phenoxy) is 3. The second-order valence-corrected chi connectivity index (χ2v) is 20.5. The summed E-state index contributed by atoms with van der Waals surface area (Å²) in [5.41, 5.74) is 0. The van der Waals surface area contributed by atoms with E-state index >= 15 is 0 Å². The summed E-state index contributed by atoms with van der Waals surface area (Å²) in [6.45, 7) is 6.17. The summed E-state index contributed by atoms with van der Waals surface area (Å²) in [6, 6.07) is 0. The lowest BCUT2D eigenvalue weighted by Crippen LogP contribution is -2.30. The van der Waals surface area contributed by atoms with Crippen molar-refractivity contribution < 1.29 is 28.6 Å². The van der Waals surface area contributed by atoms with Gasteiger partial charge in [-0.2, -0.15) is 0 Å². The molecule has 0 rings (SSSR count). The summed E-state index contributed by atoms with van der Waals surface area (Å²) in [4.78, 5) is 38.3. The van der Waals surface area contributed by atoms with Crippen LogP contribution in [0.1, 0.15) is 239 Å². The number of allylic oxidation sites excluding steroid dienone is 33. The van der Waals surface area contributed by atoms with Crippen LogP contribution in [-0.4, -0.2) is 37.2 Å². The molecule has 0 aliphatic rings. The van der Waals surface area contributed by atoms with Crippen molar-refractivity contribution in [2.75, 3.05) is 13.2 Å². The maximum Gasteiger partial charge on any atom is 0.309 e. The van der Waals surface area contributed by atoms with Gasteiger partial charge in [-0.1, -0.05) is 279 Å². The lowest BCUT2D eigenvalue weighted by atomic mass is 10.1. The molecule has 460 valence electrons. The maximum absolute atomic E-state index is 12.9. The standard InChI is InChI=1S/C77H116O6/c1-4-7-10-13-16-19-22-25-28-30-32-34-35-36-37-38-39-40-41-43-44-46-49-52-55-58-61-64-67-70-76(79)82-73-74(72-81-75(78)69-66-63-60-57-54-51-48-27-24-21-18-15-12-9-6-3)83-77(80)71-68-65-62-59-56-53-50-47-45-42-33-31-29-26-23-20-17-14-11-8-5-2/h7-12,16-21,25-29,32-34,36-37,39-40,42-44,47-48,50,54,57,63,66,74H,4-6,13-15,22-24,30-31,35,38,41,45-46,49,51-53,55-56,58-62,64-65,67-73H2,1-3H3/b10-7-,11-8-,12-9-,19-16-,20-17-,21-18-,28-25-,29-26-,34-32-,37-36-,40-39-,42-33-,44-43-,48-27-,50-47-,57-54-,66-63-. The lowest BCUT2D eigenvalue weighted by molar-refractivity contribution is -0.166. The van der Waals surface area contributed by atoms with Crippen LogP contribution >= 0.6 is 0 Å². The van der Waals surface area contributed by atoms with E-state index in [9.17, 15) is 14.4 Å². The van der Waals surface area contributed by atoms with Gasteiger partial charge in [0, 0.05) is 12.8 Å². The van der Waals surface area contributed by atoms with E-state index in [2.05, 4.69) is 215 Å². The average molecular weight is 1140 g/mol. The van der Waals surface area contributed by atoms with Crippen LogP contribution in [-0.2, 0) is 28.6 Å². The van der Waals surface area contributed by atoms with Crippen molar-refractivity contribution in [1.82, 2.24) is 0 Å². The van der Waals surface area contributed by atoms with Crippen LogP contribution in [0.15, 0.2) is 207 Å². The van der Waals surface area contributed by atoms with E-state index in [0.29, 0.717) is 6.42 Å². The first-order valence-corrected chi connectivity index (χ1v) is 32.6. The third-order valence-corrected chi connectivity index (χ3v) is 12.8. The second-order valence-electron chi connectivity index (χ2n) is 20.5. The summed E-state index contributed by atoms with van der Waals surface area (Å²) >= 11 is 0. The summed E-state index contributed by atoms with van der Waals surface area (Å²) in [5.74, 6) is -1.11. The fraction of sp³-hybridized carbons (Fsp3) is 0.519. The molecule has 0 aliphatic carbocycles. The van der Waals surface area contributed by atoms with Crippen LogP contribution in [0.3, 0.4) is 0 Å². The highest BCUT2D eigenvalue weighted by Gasteiger charge is 2.19. The monoisotopic (exact) mass is 1140 g/mol. The predicted octanol–water partition coefficient (Wildman–Crippen LogP) is 22.8. The molecule has 6 heteroatoms. The number of carbonyl (C=O) groups excluding carboxylic acids is 3. The molecular weight excluding hydrogens is 1020 g/mol. The zero-order valence-electron chi connectivity index (χ0n) is 52.6. The van der Waals surface area contributed by atoms with Crippen molar-refractivity contribution in [3.8, 4) is 0 Å². The van der Waals surface area contributed by atoms with E-state index in [1.54, 1.807) is 6.08 Å². The molecular formula is C77H116O6. The molecule has 1 atom stereocenters. The Morgan fingerprint density at radius 1 is 0.253 bits per heavy atom. The highest BCUT2D eigenvalue weighted by Crippen LogP contribution is 2.13. The molecule has 6 nitrogen and oxygen atoms in total. The van der Waals surface area contributed by atoms with Gasteiger partial charge in [0.2, 0.25) is 0 Å². The smallest absolute Gasteiger partial charge is 0.309 e. The van der Waals surface area contributed by atoms with E-state index in [1.165, 1.54) is 19.3 Å². The first kappa shape index (κ1) is 77.0. The Kier molecular flexibility index (Phi) is 63.5. The van der Waals surface area contributed by atoms with Crippen molar-refractivity contribution in [3.63, 3.8) is 0 Å². The van der Waals surface area contributed by atoms with E-state index in [4.69, 9.17) is 14.2 Å². The molecule has 83 heavy (non-hydrogen) atoms. The molecule has 0 saturated carbocycles. The van der Waals surface area contributed by atoms with Crippen molar-refractivity contribution in [1.29, 1.82) is 0 Å². The molecule has 0 aromatic rings. The summed E-state index contributed by atoms with van der Waals surface area (Å²) in [5, 5.41) is 0.